The summed E-state index contributed by atoms with van der Waals surface area (Å²) in [6, 6.07) is 10.3. The summed E-state index contributed by atoms with van der Waals surface area (Å²) < 4.78 is 32.3. The second kappa shape index (κ2) is 8.99. The Morgan fingerprint density at radius 1 is 1.23 bits per heavy atom. The fraction of sp³-hybridized carbons (Fsp3) is 0.316. The maximum Gasteiger partial charge on any atom is 0.270 e. The van der Waals surface area contributed by atoms with Crippen LogP contribution in [0.1, 0.15) is 12.8 Å². The number of benzene rings is 2. The quantitative estimate of drug-likeness (QED) is 0.529. The van der Waals surface area contributed by atoms with Crippen molar-refractivity contribution in [3.8, 4) is 5.75 Å². The number of rotatable bonds is 6. The third-order valence-corrected chi connectivity index (χ3v) is 7.31. The van der Waals surface area contributed by atoms with Crippen LogP contribution < -0.4 is 10.1 Å². The van der Waals surface area contributed by atoms with E-state index in [0.29, 0.717) is 24.3 Å². The Hall–Kier alpha value is -2.69. The van der Waals surface area contributed by atoms with Gasteiger partial charge in [-0.15, -0.1) is 0 Å². The van der Waals surface area contributed by atoms with Gasteiger partial charge in [-0.3, -0.25) is 14.9 Å². The number of sulfonamides is 1. The average molecular weight is 454 g/mol. The van der Waals surface area contributed by atoms with E-state index in [1.54, 1.807) is 24.3 Å². The number of halogens is 1. The molecule has 1 aliphatic rings. The number of nitrogens with one attached hydrogen (secondary N) is 1. The smallest absolute Gasteiger partial charge is 0.270 e. The lowest BCUT2D eigenvalue weighted by Crippen LogP contribution is -2.41. The summed E-state index contributed by atoms with van der Waals surface area (Å²) in [7, 11) is -2.51. The van der Waals surface area contributed by atoms with Gasteiger partial charge in [0, 0.05) is 31.1 Å². The molecule has 0 unspecified atom stereocenters. The van der Waals surface area contributed by atoms with Crippen LogP contribution in [0.5, 0.6) is 5.75 Å². The lowest BCUT2D eigenvalue weighted by molar-refractivity contribution is -0.385. The van der Waals surface area contributed by atoms with Crippen molar-refractivity contribution < 1.29 is 22.9 Å². The van der Waals surface area contributed by atoms with Gasteiger partial charge in [-0.2, -0.15) is 4.31 Å². The number of para-hydroxylation sites is 2. The Bertz CT molecular complexity index is 1070. The Morgan fingerprint density at radius 3 is 2.53 bits per heavy atom. The van der Waals surface area contributed by atoms with Crippen molar-refractivity contribution in [3.05, 3.63) is 57.6 Å². The van der Waals surface area contributed by atoms with Crippen LogP contribution in [0.2, 0.25) is 5.02 Å². The van der Waals surface area contributed by atoms with E-state index in [9.17, 15) is 23.3 Å². The number of amides is 1. The zero-order valence-electron chi connectivity index (χ0n) is 16.1. The molecule has 0 aromatic heterocycles. The van der Waals surface area contributed by atoms with Gasteiger partial charge in [-0.1, -0.05) is 23.7 Å². The van der Waals surface area contributed by atoms with Crippen LogP contribution in [0.4, 0.5) is 11.4 Å². The zero-order valence-corrected chi connectivity index (χ0v) is 17.6. The van der Waals surface area contributed by atoms with Crippen molar-refractivity contribution in [2.75, 3.05) is 25.5 Å². The molecule has 1 heterocycles. The Morgan fingerprint density at radius 2 is 1.90 bits per heavy atom. The third-order valence-electron chi connectivity index (χ3n) is 4.93. The fourth-order valence-electron chi connectivity index (χ4n) is 3.28. The van der Waals surface area contributed by atoms with Crippen LogP contribution in [-0.2, 0) is 14.8 Å². The van der Waals surface area contributed by atoms with E-state index in [0.717, 1.165) is 12.1 Å². The summed E-state index contributed by atoms with van der Waals surface area (Å²) in [4.78, 5) is 22.6. The highest BCUT2D eigenvalue weighted by Gasteiger charge is 2.34. The van der Waals surface area contributed by atoms with Gasteiger partial charge in [-0.25, -0.2) is 8.42 Å². The molecule has 9 nitrogen and oxygen atoms in total. The molecule has 0 bridgehead atoms. The minimum absolute atomic E-state index is 0.0864. The van der Waals surface area contributed by atoms with Gasteiger partial charge in [0.25, 0.3) is 5.69 Å². The predicted octanol–water partition coefficient (Wildman–Crippen LogP) is 3.30. The highest BCUT2D eigenvalue weighted by Crippen LogP contribution is 2.32. The van der Waals surface area contributed by atoms with Crippen molar-refractivity contribution >= 4 is 38.9 Å². The van der Waals surface area contributed by atoms with E-state index in [-0.39, 0.29) is 40.5 Å². The minimum Gasteiger partial charge on any atom is -0.495 e. The van der Waals surface area contributed by atoms with E-state index in [4.69, 9.17) is 16.3 Å². The SMILES string of the molecule is COc1ccccc1NC(=O)C1CCN(S(=O)(=O)c2cc([N+](=O)[O-])ccc2Cl)CC1. The van der Waals surface area contributed by atoms with Crippen molar-refractivity contribution in [1.29, 1.82) is 0 Å². The van der Waals surface area contributed by atoms with Crippen LogP contribution in [0.3, 0.4) is 0 Å². The fourth-order valence-corrected chi connectivity index (χ4v) is 5.25. The molecular formula is C19H20ClN3O6S. The van der Waals surface area contributed by atoms with Crippen LogP contribution in [0.15, 0.2) is 47.4 Å². The number of nitrogens with zero attached hydrogens (tertiary/aromatic N) is 2. The number of piperidine rings is 1. The molecule has 3 rings (SSSR count). The molecule has 0 radical (unpaired) electrons. The standard InChI is InChI=1S/C19H20ClN3O6S/c1-29-17-5-3-2-4-16(17)21-19(24)13-8-10-22(11-9-13)30(27,28)18-12-14(23(25)26)6-7-15(18)20/h2-7,12-13H,8-11H2,1H3,(H,21,24). The molecule has 0 aliphatic carbocycles. The lowest BCUT2D eigenvalue weighted by atomic mass is 9.97. The number of hydrogen-bond acceptors (Lipinski definition) is 6. The molecule has 30 heavy (non-hydrogen) atoms. The molecule has 0 spiro atoms. The molecule has 2 aromatic carbocycles. The summed E-state index contributed by atoms with van der Waals surface area (Å²) in [6.07, 6.45) is 0.625. The van der Waals surface area contributed by atoms with E-state index in [2.05, 4.69) is 5.32 Å². The number of methoxy groups -OCH3 is 1. The highest BCUT2D eigenvalue weighted by molar-refractivity contribution is 7.89. The Balaban J connectivity index is 1.70. The first-order valence-electron chi connectivity index (χ1n) is 9.12. The Kier molecular flexibility index (Phi) is 6.59. The predicted molar refractivity (Wildman–Crippen MR) is 111 cm³/mol. The van der Waals surface area contributed by atoms with Crippen LogP contribution in [0.25, 0.3) is 0 Å². The van der Waals surface area contributed by atoms with Crippen LogP contribution in [0, 0.1) is 16.0 Å². The van der Waals surface area contributed by atoms with Crippen molar-refractivity contribution in [2.24, 2.45) is 5.92 Å². The number of ether oxygens (including phenoxy) is 1. The van der Waals surface area contributed by atoms with Gasteiger partial charge in [0.1, 0.15) is 10.6 Å². The maximum atomic E-state index is 12.9. The van der Waals surface area contributed by atoms with Gasteiger partial charge in [0.15, 0.2) is 0 Å². The van der Waals surface area contributed by atoms with Gasteiger partial charge >= 0.3 is 0 Å². The van der Waals surface area contributed by atoms with E-state index >= 15 is 0 Å². The lowest BCUT2D eigenvalue weighted by Gasteiger charge is -2.30. The minimum atomic E-state index is -4.02. The van der Waals surface area contributed by atoms with Crippen LogP contribution >= 0.6 is 11.6 Å². The molecule has 1 fully saturated rings. The Labute approximate surface area is 178 Å². The first-order valence-corrected chi connectivity index (χ1v) is 10.9. The first kappa shape index (κ1) is 22.0. The average Bonchev–Trinajstić information content (AvgIpc) is 2.74. The molecule has 1 amide bonds. The van der Waals surface area contributed by atoms with Crippen molar-refractivity contribution in [2.45, 2.75) is 17.7 Å². The molecule has 0 saturated carbocycles. The number of nitro benzene ring substituents is 1. The number of nitro groups is 1. The maximum absolute atomic E-state index is 12.9. The number of carbonyl (C=O) groups excluding carboxylic acids is 1. The number of carbonyl (C=O) groups is 1. The topological polar surface area (TPSA) is 119 Å². The van der Waals surface area contributed by atoms with Crippen molar-refractivity contribution in [1.82, 2.24) is 4.31 Å². The second-order valence-electron chi connectivity index (χ2n) is 6.74. The summed E-state index contributed by atoms with van der Waals surface area (Å²) in [5.41, 5.74) is 0.187. The van der Waals surface area contributed by atoms with E-state index in [1.165, 1.54) is 17.5 Å². The van der Waals surface area contributed by atoms with E-state index in [1.807, 2.05) is 0 Å². The summed E-state index contributed by atoms with van der Waals surface area (Å²) in [6.45, 7) is 0.205. The zero-order chi connectivity index (χ0) is 21.9. The molecule has 2 aromatic rings. The number of hydrogen-bond donors (Lipinski definition) is 1. The number of anilines is 1. The van der Waals surface area contributed by atoms with Crippen LogP contribution in [-0.4, -0.2) is 43.8 Å². The molecule has 160 valence electrons. The highest BCUT2D eigenvalue weighted by atomic mass is 35.5. The first-order chi connectivity index (χ1) is 14.2. The summed E-state index contributed by atoms with van der Waals surface area (Å²) >= 11 is 6.00. The molecule has 11 heteroatoms. The molecule has 0 atom stereocenters. The normalized spacial score (nSPS) is 15.5. The molecule has 1 saturated heterocycles. The monoisotopic (exact) mass is 453 g/mol. The summed E-state index contributed by atoms with van der Waals surface area (Å²) in [5, 5.41) is 13.7. The molecule has 1 aliphatic heterocycles. The molecular weight excluding hydrogens is 434 g/mol. The molecule has 1 N–H and O–H groups in total. The summed E-state index contributed by atoms with van der Waals surface area (Å²) in [5.74, 6) is -0.0574. The number of non-ortho nitro benzene ring substituents is 1. The van der Waals surface area contributed by atoms with Gasteiger partial charge in [-0.05, 0) is 31.0 Å². The second-order valence-corrected chi connectivity index (χ2v) is 9.05. The van der Waals surface area contributed by atoms with Gasteiger partial charge < -0.3 is 10.1 Å². The third kappa shape index (κ3) is 4.55. The van der Waals surface area contributed by atoms with Gasteiger partial charge in [0.05, 0.1) is 22.7 Å². The largest absolute Gasteiger partial charge is 0.495 e. The van der Waals surface area contributed by atoms with E-state index < -0.39 is 14.9 Å². The van der Waals surface area contributed by atoms with Crippen molar-refractivity contribution in [3.63, 3.8) is 0 Å². The van der Waals surface area contributed by atoms with Gasteiger partial charge in [0.2, 0.25) is 15.9 Å².